The number of nitrogens with zero attached hydrogens (tertiary/aromatic N) is 2. The summed E-state index contributed by atoms with van der Waals surface area (Å²) in [6, 6.07) is -0.454. The van der Waals surface area contributed by atoms with Crippen LogP contribution in [0.3, 0.4) is 0 Å². The number of carbonyl (C=O) groups is 1. The summed E-state index contributed by atoms with van der Waals surface area (Å²) in [5, 5.41) is 6.02. The number of amides is 1. The summed E-state index contributed by atoms with van der Waals surface area (Å²) in [6.07, 6.45) is 3.27. The molecule has 0 radical (unpaired) electrons. The van der Waals surface area contributed by atoms with Gasteiger partial charge in [-0.1, -0.05) is 13.3 Å². The Kier molecular flexibility index (Phi) is 4.68. The maximum Gasteiger partial charge on any atom is 0.239 e. The van der Waals surface area contributed by atoms with E-state index in [0.717, 1.165) is 24.2 Å². The molecule has 0 spiro atoms. The van der Waals surface area contributed by atoms with Gasteiger partial charge in [-0.3, -0.25) is 4.79 Å². The molecule has 1 aromatic heterocycles. The average molecular weight is 237 g/mol. The zero-order valence-electron chi connectivity index (χ0n) is 10.4. The van der Waals surface area contributed by atoms with Crippen molar-refractivity contribution in [2.45, 2.75) is 32.7 Å². The minimum Gasteiger partial charge on any atom is -0.373 e. The number of aromatic nitrogens is 2. The zero-order chi connectivity index (χ0) is 12.8. The van der Waals surface area contributed by atoms with Crippen molar-refractivity contribution in [1.82, 2.24) is 9.97 Å². The molecule has 1 atom stereocenters. The molecule has 0 bridgehead atoms. The molecule has 0 aliphatic carbocycles. The lowest BCUT2D eigenvalue weighted by Crippen LogP contribution is -2.33. The Bertz CT molecular complexity index is 393. The highest BCUT2D eigenvalue weighted by molar-refractivity contribution is 5.82. The van der Waals surface area contributed by atoms with Gasteiger partial charge in [0.15, 0.2) is 0 Å². The summed E-state index contributed by atoms with van der Waals surface area (Å²) in [4.78, 5) is 19.3. The number of anilines is 2. The molecule has 1 amide bonds. The van der Waals surface area contributed by atoms with Crippen LogP contribution >= 0.6 is 0 Å². The molecular weight excluding hydrogens is 218 g/mol. The second-order valence-corrected chi connectivity index (χ2v) is 3.82. The molecule has 1 aromatic rings. The smallest absolute Gasteiger partial charge is 0.239 e. The van der Waals surface area contributed by atoms with Crippen molar-refractivity contribution < 1.29 is 4.79 Å². The van der Waals surface area contributed by atoms with Crippen molar-refractivity contribution in [2.24, 2.45) is 5.73 Å². The van der Waals surface area contributed by atoms with Gasteiger partial charge < -0.3 is 16.4 Å². The molecule has 0 saturated heterocycles. The van der Waals surface area contributed by atoms with Crippen LogP contribution in [0.25, 0.3) is 0 Å². The lowest BCUT2D eigenvalue weighted by atomic mass is 10.1. The van der Waals surface area contributed by atoms with Crippen molar-refractivity contribution in [1.29, 1.82) is 0 Å². The monoisotopic (exact) mass is 237 g/mol. The van der Waals surface area contributed by atoms with E-state index in [-0.39, 0.29) is 0 Å². The summed E-state index contributed by atoms with van der Waals surface area (Å²) in [6.45, 7) is 3.78. The number of nitrogens with two attached hydrogens (primary N) is 1. The fraction of sp³-hybridized carbons (Fsp3) is 0.545. The van der Waals surface area contributed by atoms with Crippen LogP contribution in [-0.2, 0) is 11.2 Å². The Labute approximate surface area is 101 Å². The fourth-order valence-electron chi connectivity index (χ4n) is 1.52. The molecular formula is C11H19N5O. The average Bonchev–Trinajstić information content (AvgIpc) is 2.31. The summed E-state index contributed by atoms with van der Waals surface area (Å²) in [5.41, 5.74) is 6.20. The molecule has 1 rings (SSSR count). The van der Waals surface area contributed by atoms with E-state index in [4.69, 9.17) is 5.73 Å². The second kappa shape index (κ2) is 6.03. The molecule has 0 aliphatic rings. The van der Waals surface area contributed by atoms with Crippen LogP contribution < -0.4 is 16.4 Å². The first kappa shape index (κ1) is 13.2. The summed E-state index contributed by atoms with van der Waals surface area (Å²) in [5.74, 6) is 1.04. The SMILES string of the molecule is CCCc1c(NC)ncnc1NC(C)C(N)=O. The topological polar surface area (TPSA) is 92.9 Å². The van der Waals surface area contributed by atoms with Gasteiger partial charge in [-0.05, 0) is 13.3 Å². The van der Waals surface area contributed by atoms with Crippen molar-refractivity contribution in [3.63, 3.8) is 0 Å². The van der Waals surface area contributed by atoms with Gasteiger partial charge in [-0.2, -0.15) is 0 Å². The van der Waals surface area contributed by atoms with Gasteiger partial charge >= 0.3 is 0 Å². The minimum atomic E-state index is -0.454. The number of hydrogen-bond donors (Lipinski definition) is 3. The number of rotatable bonds is 6. The second-order valence-electron chi connectivity index (χ2n) is 3.82. The Morgan fingerprint density at radius 1 is 1.47 bits per heavy atom. The van der Waals surface area contributed by atoms with Gasteiger partial charge in [0.05, 0.1) is 0 Å². The number of primary amides is 1. The Hall–Kier alpha value is -1.85. The van der Waals surface area contributed by atoms with Crippen molar-refractivity contribution in [2.75, 3.05) is 17.7 Å². The van der Waals surface area contributed by atoms with Gasteiger partial charge in [-0.15, -0.1) is 0 Å². The van der Waals surface area contributed by atoms with Gasteiger partial charge in [-0.25, -0.2) is 9.97 Å². The number of carbonyl (C=O) groups excluding carboxylic acids is 1. The van der Waals surface area contributed by atoms with Crippen molar-refractivity contribution >= 4 is 17.5 Å². The van der Waals surface area contributed by atoms with Gasteiger partial charge in [0.25, 0.3) is 0 Å². The lowest BCUT2D eigenvalue weighted by Gasteiger charge is -2.16. The van der Waals surface area contributed by atoms with E-state index >= 15 is 0 Å². The molecule has 0 fully saturated rings. The van der Waals surface area contributed by atoms with E-state index in [1.165, 1.54) is 6.33 Å². The molecule has 4 N–H and O–H groups in total. The normalized spacial score (nSPS) is 11.9. The molecule has 0 aromatic carbocycles. The third-order valence-corrected chi connectivity index (χ3v) is 2.46. The predicted molar refractivity (Wildman–Crippen MR) is 67.9 cm³/mol. The summed E-state index contributed by atoms with van der Waals surface area (Å²) >= 11 is 0. The van der Waals surface area contributed by atoms with Gasteiger partial charge in [0.1, 0.15) is 24.0 Å². The molecule has 0 saturated carbocycles. The van der Waals surface area contributed by atoms with E-state index < -0.39 is 11.9 Å². The zero-order valence-corrected chi connectivity index (χ0v) is 10.4. The van der Waals surface area contributed by atoms with E-state index in [9.17, 15) is 4.79 Å². The number of hydrogen-bond acceptors (Lipinski definition) is 5. The third-order valence-electron chi connectivity index (χ3n) is 2.46. The first-order valence-corrected chi connectivity index (χ1v) is 5.67. The Balaban J connectivity index is 3.00. The largest absolute Gasteiger partial charge is 0.373 e. The number of nitrogens with one attached hydrogen (secondary N) is 2. The maximum absolute atomic E-state index is 11.0. The molecule has 6 heteroatoms. The minimum absolute atomic E-state index is 0.405. The highest BCUT2D eigenvalue weighted by atomic mass is 16.1. The lowest BCUT2D eigenvalue weighted by molar-refractivity contribution is -0.118. The first-order valence-electron chi connectivity index (χ1n) is 5.67. The van der Waals surface area contributed by atoms with Crippen LogP contribution in [-0.4, -0.2) is 29.0 Å². The molecule has 1 unspecified atom stereocenters. The van der Waals surface area contributed by atoms with E-state index in [2.05, 4.69) is 27.5 Å². The van der Waals surface area contributed by atoms with Crippen LogP contribution in [0.1, 0.15) is 25.8 Å². The molecule has 0 aliphatic heterocycles. The van der Waals surface area contributed by atoms with Crippen LogP contribution in [0.4, 0.5) is 11.6 Å². The predicted octanol–water partition coefficient (Wildman–Crippen LogP) is 0.756. The van der Waals surface area contributed by atoms with Gasteiger partial charge in [0.2, 0.25) is 5.91 Å². The van der Waals surface area contributed by atoms with Crippen molar-refractivity contribution in [3.05, 3.63) is 11.9 Å². The highest BCUT2D eigenvalue weighted by Crippen LogP contribution is 2.21. The third kappa shape index (κ3) is 3.30. The van der Waals surface area contributed by atoms with Crippen LogP contribution in [0.2, 0.25) is 0 Å². The van der Waals surface area contributed by atoms with E-state index in [1.54, 1.807) is 6.92 Å². The van der Waals surface area contributed by atoms with Crippen LogP contribution in [0.5, 0.6) is 0 Å². The van der Waals surface area contributed by atoms with Crippen molar-refractivity contribution in [3.8, 4) is 0 Å². The van der Waals surface area contributed by atoms with E-state index in [0.29, 0.717) is 5.82 Å². The summed E-state index contributed by atoms with van der Waals surface area (Å²) < 4.78 is 0. The standard InChI is InChI=1S/C11H19N5O/c1-4-5-8-10(13-3)14-6-15-11(8)16-7(2)9(12)17/h6-7H,4-5H2,1-3H3,(H2,12,17)(H2,13,14,15,16). The Morgan fingerprint density at radius 2 is 2.12 bits per heavy atom. The molecule has 1 heterocycles. The quantitative estimate of drug-likeness (QED) is 0.679. The first-order chi connectivity index (χ1) is 8.10. The molecule has 6 nitrogen and oxygen atoms in total. The van der Waals surface area contributed by atoms with Crippen LogP contribution in [0, 0.1) is 0 Å². The van der Waals surface area contributed by atoms with E-state index in [1.807, 2.05) is 7.05 Å². The summed E-state index contributed by atoms with van der Waals surface area (Å²) in [7, 11) is 1.81. The maximum atomic E-state index is 11.0. The highest BCUT2D eigenvalue weighted by Gasteiger charge is 2.14. The molecule has 94 valence electrons. The molecule has 17 heavy (non-hydrogen) atoms. The van der Waals surface area contributed by atoms with Gasteiger partial charge in [0, 0.05) is 12.6 Å². The van der Waals surface area contributed by atoms with Crippen LogP contribution in [0.15, 0.2) is 6.33 Å². The Morgan fingerprint density at radius 3 is 2.65 bits per heavy atom. The fourth-order valence-corrected chi connectivity index (χ4v) is 1.52.